The van der Waals surface area contributed by atoms with Gasteiger partial charge in [-0.15, -0.1) is 0 Å². The van der Waals surface area contributed by atoms with Gasteiger partial charge in [-0.05, 0) is 12.1 Å². The summed E-state index contributed by atoms with van der Waals surface area (Å²) in [6, 6.07) is 6.03. The Balaban J connectivity index is 1.70. The Morgan fingerprint density at radius 1 is 1.00 bits per heavy atom. The number of rotatable bonds is 2. The van der Waals surface area contributed by atoms with E-state index >= 15 is 4.39 Å². The van der Waals surface area contributed by atoms with E-state index in [1.165, 1.54) is 19.1 Å². The van der Waals surface area contributed by atoms with Gasteiger partial charge in [-0.3, -0.25) is 14.4 Å². The minimum absolute atomic E-state index is 0.0844. The van der Waals surface area contributed by atoms with Crippen LogP contribution in [0.4, 0.5) is 20.3 Å². The molecule has 0 unspecified atom stereocenters. The molecule has 1 aromatic heterocycles. The highest BCUT2D eigenvalue weighted by atomic mass is 19.1. The summed E-state index contributed by atoms with van der Waals surface area (Å²) in [6.07, 6.45) is 0.800. The minimum atomic E-state index is -1.10. The number of imide groups is 1. The van der Waals surface area contributed by atoms with Crippen molar-refractivity contribution in [3.8, 4) is 0 Å². The summed E-state index contributed by atoms with van der Waals surface area (Å²) in [4.78, 5) is 44.2. The maximum absolute atomic E-state index is 15.2. The maximum atomic E-state index is 15.2. The van der Waals surface area contributed by atoms with Crippen LogP contribution >= 0.6 is 0 Å². The van der Waals surface area contributed by atoms with Gasteiger partial charge in [-0.1, -0.05) is 12.1 Å². The van der Waals surface area contributed by atoms with Gasteiger partial charge in [0.1, 0.15) is 5.69 Å². The number of aromatic nitrogens is 1. The zero-order chi connectivity index (χ0) is 20.0. The van der Waals surface area contributed by atoms with E-state index in [9.17, 15) is 18.8 Å². The normalized spacial score (nSPS) is 16.6. The summed E-state index contributed by atoms with van der Waals surface area (Å²) in [7, 11) is 0. The van der Waals surface area contributed by atoms with Gasteiger partial charge in [0.15, 0.2) is 17.5 Å². The molecule has 0 saturated carbocycles. The van der Waals surface area contributed by atoms with Crippen LogP contribution < -0.4 is 9.80 Å². The fourth-order valence-corrected chi connectivity index (χ4v) is 3.50. The fourth-order valence-electron chi connectivity index (χ4n) is 3.50. The van der Waals surface area contributed by atoms with Crippen molar-refractivity contribution in [1.29, 1.82) is 0 Å². The predicted molar refractivity (Wildman–Crippen MR) is 96.2 cm³/mol. The number of fused-ring (bicyclic) bond motifs is 1. The van der Waals surface area contributed by atoms with Crippen molar-refractivity contribution in [3.05, 3.63) is 53.2 Å². The third-order valence-corrected chi connectivity index (χ3v) is 4.97. The van der Waals surface area contributed by atoms with Crippen LogP contribution in [0.1, 0.15) is 27.6 Å². The molecule has 0 aliphatic carbocycles. The Kier molecular flexibility index (Phi) is 4.29. The van der Waals surface area contributed by atoms with E-state index < -0.39 is 29.1 Å². The molecule has 0 N–H and O–H groups in total. The highest BCUT2D eigenvalue weighted by Gasteiger charge is 2.40. The second-order valence-electron chi connectivity index (χ2n) is 6.58. The van der Waals surface area contributed by atoms with E-state index in [0.29, 0.717) is 31.1 Å². The largest absolute Gasteiger partial charge is 0.351 e. The van der Waals surface area contributed by atoms with Crippen molar-refractivity contribution in [1.82, 2.24) is 9.88 Å². The summed E-state index contributed by atoms with van der Waals surface area (Å²) in [5.74, 6) is -3.98. The van der Waals surface area contributed by atoms with E-state index in [1.807, 2.05) is 0 Å². The van der Waals surface area contributed by atoms with Gasteiger partial charge >= 0.3 is 0 Å². The quantitative estimate of drug-likeness (QED) is 0.737. The first-order chi connectivity index (χ1) is 13.4. The molecule has 1 saturated heterocycles. The lowest BCUT2D eigenvalue weighted by Gasteiger charge is -2.35. The molecular formula is C19H16F2N4O3. The van der Waals surface area contributed by atoms with Crippen LogP contribution in [0.2, 0.25) is 0 Å². The average molecular weight is 386 g/mol. The van der Waals surface area contributed by atoms with Gasteiger partial charge in [0.25, 0.3) is 11.8 Å². The smallest absolute Gasteiger partial charge is 0.266 e. The van der Waals surface area contributed by atoms with Crippen molar-refractivity contribution < 1.29 is 23.2 Å². The third kappa shape index (κ3) is 2.70. The summed E-state index contributed by atoms with van der Waals surface area (Å²) in [5, 5.41) is 0. The first-order valence-electron chi connectivity index (χ1n) is 8.72. The molecule has 144 valence electrons. The van der Waals surface area contributed by atoms with Gasteiger partial charge in [-0.25, -0.2) is 18.7 Å². The molecule has 2 aliphatic rings. The number of anilines is 2. The van der Waals surface area contributed by atoms with Crippen LogP contribution in [-0.2, 0) is 4.79 Å². The highest BCUT2D eigenvalue weighted by molar-refractivity contribution is 6.34. The van der Waals surface area contributed by atoms with Gasteiger partial charge in [0.2, 0.25) is 5.91 Å². The number of hydrogen-bond acceptors (Lipinski definition) is 5. The summed E-state index contributed by atoms with van der Waals surface area (Å²) >= 11 is 0. The molecule has 0 radical (unpaired) electrons. The van der Waals surface area contributed by atoms with Crippen LogP contribution in [-0.4, -0.2) is 53.8 Å². The Hall–Kier alpha value is -3.36. The van der Waals surface area contributed by atoms with Crippen LogP contribution in [0.15, 0.2) is 30.5 Å². The monoisotopic (exact) mass is 386 g/mol. The Morgan fingerprint density at radius 3 is 2.11 bits per heavy atom. The molecule has 0 spiro atoms. The van der Waals surface area contributed by atoms with Gasteiger partial charge < -0.3 is 9.80 Å². The number of pyridine rings is 1. The van der Waals surface area contributed by atoms with Crippen molar-refractivity contribution in [3.63, 3.8) is 0 Å². The minimum Gasteiger partial charge on any atom is -0.351 e. The molecule has 0 bridgehead atoms. The standard InChI is InChI=1S/C19H16F2N4O3/c1-11(26)23-6-8-24(9-7-23)17-15(21)16(14(20)10-22-17)25-18(27)12-4-2-3-5-13(12)19(25)28/h2-5,10H,6-9H2,1H3. The molecule has 4 rings (SSSR count). The average Bonchev–Trinajstić information content (AvgIpc) is 2.94. The first kappa shape index (κ1) is 18.0. The first-order valence-corrected chi connectivity index (χ1v) is 8.72. The van der Waals surface area contributed by atoms with Crippen LogP contribution in [0.3, 0.4) is 0 Å². The highest BCUT2D eigenvalue weighted by Crippen LogP contribution is 2.35. The summed E-state index contributed by atoms with van der Waals surface area (Å²) in [6.45, 7) is 2.80. The number of benzene rings is 1. The molecule has 0 atom stereocenters. The fraction of sp³-hybridized carbons (Fsp3) is 0.263. The molecule has 1 fully saturated rings. The van der Waals surface area contributed by atoms with Crippen molar-refractivity contribution in [2.75, 3.05) is 36.0 Å². The summed E-state index contributed by atoms with van der Waals surface area (Å²) in [5.41, 5.74) is -0.537. The van der Waals surface area contributed by atoms with Crippen LogP contribution in [0.5, 0.6) is 0 Å². The van der Waals surface area contributed by atoms with Gasteiger partial charge in [-0.2, -0.15) is 0 Å². The van der Waals surface area contributed by atoms with Crippen molar-refractivity contribution in [2.45, 2.75) is 6.92 Å². The topological polar surface area (TPSA) is 73.8 Å². The number of hydrogen-bond donors (Lipinski definition) is 0. The summed E-state index contributed by atoms with van der Waals surface area (Å²) < 4.78 is 29.7. The zero-order valence-corrected chi connectivity index (χ0v) is 15.0. The Labute approximate surface area is 159 Å². The second kappa shape index (κ2) is 6.66. The lowest BCUT2D eigenvalue weighted by atomic mass is 10.1. The number of carbonyl (C=O) groups excluding carboxylic acids is 3. The van der Waals surface area contributed by atoms with Gasteiger partial charge in [0.05, 0.1) is 17.3 Å². The van der Waals surface area contributed by atoms with E-state index in [1.54, 1.807) is 21.9 Å². The number of halogens is 2. The third-order valence-electron chi connectivity index (χ3n) is 4.97. The van der Waals surface area contributed by atoms with Crippen molar-refractivity contribution >= 4 is 29.2 Å². The molecule has 1 aromatic carbocycles. The number of piperazine rings is 1. The molecule has 2 aliphatic heterocycles. The van der Waals surface area contributed by atoms with E-state index in [2.05, 4.69) is 4.98 Å². The molecule has 3 heterocycles. The Morgan fingerprint density at radius 2 is 1.57 bits per heavy atom. The SMILES string of the molecule is CC(=O)N1CCN(c2ncc(F)c(N3C(=O)c4ccccc4C3=O)c2F)CC1. The zero-order valence-electron chi connectivity index (χ0n) is 15.0. The van der Waals surface area contributed by atoms with Crippen LogP contribution in [0, 0.1) is 11.6 Å². The van der Waals surface area contributed by atoms with Crippen molar-refractivity contribution in [2.24, 2.45) is 0 Å². The molecule has 7 nitrogen and oxygen atoms in total. The molecule has 28 heavy (non-hydrogen) atoms. The number of nitrogens with zero attached hydrogens (tertiary/aromatic N) is 4. The number of amides is 3. The lowest BCUT2D eigenvalue weighted by Crippen LogP contribution is -2.48. The van der Waals surface area contributed by atoms with E-state index in [4.69, 9.17) is 0 Å². The van der Waals surface area contributed by atoms with E-state index in [0.717, 1.165) is 6.20 Å². The van der Waals surface area contributed by atoms with Gasteiger partial charge in [0, 0.05) is 33.1 Å². The maximum Gasteiger partial charge on any atom is 0.266 e. The van der Waals surface area contributed by atoms with E-state index in [-0.39, 0.29) is 22.9 Å². The number of carbonyl (C=O) groups is 3. The molecule has 2 aromatic rings. The lowest BCUT2D eigenvalue weighted by molar-refractivity contribution is -0.129. The molecule has 3 amide bonds. The molecule has 9 heteroatoms. The Bertz CT molecular complexity index is 968. The second-order valence-corrected chi connectivity index (χ2v) is 6.58. The van der Waals surface area contributed by atoms with Crippen LogP contribution in [0.25, 0.3) is 0 Å². The predicted octanol–water partition coefficient (Wildman–Crippen LogP) is 1.83. The molecular weight excluding hydrogens is 370 g/mol.